The zero-order valence-electron chi connectivity index (χ0n) is 10.6. The van der Waals surface area contributed by atoms with Crippen molar-refractivity contribution in [1.29, 1.82) is 0 Å². The Balaban J connectivity index is 1.97. The number of rotatable bonds is 5. The lowest BCUT2D eigenvalue weighted by Crippen LogP contribution is -2.48. The molecule has 0 spiro atoms. The van der Waals surface area contributed by atoms with Crippen LogP contribution in [0.15, 0.2) is 24.0 Å². The number of nitrogens with one attached hydrogen (secondary N) is 1. The van der Waals surface area contributed by atoms with Gasteiger partial charge in [-0.25, -0.2) is 4.98 Å². The molecular formula is C11H12N5O3S+. The Labute approximate surface area is 118 Å². The minimum Gasteiger partial charge on any atom is -0.480 e. The van der Waals surface area contributed by atoms with E-state index in [-0.39, 0.29) is 6.54 Å². The van der Waals surface area contributed by atoms with Crippen LogP contribution in [0.1, 0.15) is 6.92 Å². The first-order valence-electron chi connectivity index (χ1n) is 5.71. The fraction of sp³-hybridized carbons (Fsp3) is 0.273. The standard InChI is InChI=1S/C11H11N5O3S/c1-7(11(18)19)14-9(17)5-16-3-2-8(4-13-16)10-12-6-20-15-10/h2-4,6-7H,5H2,1H3,(H-,14,17,18,19)/p+1. The maximum atomic E-state index is 11.6. The van der Waals surface area contributed by atoms with Crippen LogP contribution in [0.3, 0.4) is 0 Å². The third-order valence-corrected chi connectivity index (χ3v) is 2.92. The van der Waals surface area contributed by atoms with E-state index < -0.39 is 17.9 Å². The summed E-state index contributed by atoms with van der Waals surface area (Å²) in [5, 5.41) is 15.1. The summed E-state index contributed by atoms with van der Waals surface area (Å²) in [6, 6.07) is 0.810. The van der Waals surface area contributed by atoms with Crippen LogP contribution in [0.2, 0.25) is 0 Å². The number of amides is 1. The number of nitrogens with zero attached hydrogens (tertiary/aromatic N) is 4. The van der Waals surface area contributed by atoms with Gasteiger partial charge in [0.1, 0.15) is 17.7 Å². The number of carboxylic acids is 1. The SMILES string of the molecule is CC(NC(=O)C[n+]1ccc(-c2ncsn2)cn1)C(=O)O. The van der Waals surface area contributed by atoms with Crippen molar-refractivity contribution in [3.63, 3.8) is 0 Å². The summed E-state index contributed by atoms with van der Waals surface area (Å²) in [7, 11) is 0. The molecule has 0 aliphatic heterocycles. The minimum atomic E-state index is -1.08. The van der Waals surface area contributed by atoms with Gasteiger partial charge in [0.05, 0.1) is 5.56 Å². The van der Waals surface area contributed by atoms with Gasteiger partial charge in [0.2, 0.25) is 0 Å². The van der Waals surface area contributed by atoms with Gasteiger partial charge in [-0.15, -0.1) is 0 Å². The predicted molar refractivity (Wildman–Crippen MR) is 68.6 cm³/mol. The molecule has 8 nitrogen and oxygen atoms in total. The van der Waals surface area contributed by atoms with E-state index in [9.17, 15) is 9.59 Å². The topological polar surface area (TPSA) is 109 Å². The Kier molecular flexibility index (Phi) is 4.31. The van der Waals surface area contributed by atoms with E-state index in [0.717, 1.165) is 5.56 Å². The molecule has 2 aromatic heterocycles. The molecule has 0 saturated heterocycles. The molecule has 2 N–H and O–H groups in total. The Hall–Kier alpha value is -2.42. The molecule has 1 atom stereocenters. The number of aromatic nitrogens is 4. The second kappa shape index (κ2) is 6.15. The number of carbonyl (C=O) groups is 2. The molecule has 1 amide bonds. The maximum Gasteiger partial charge on any atom is 0.325 e. The Morgan fingerprint density at radius 3 is 2.90 bits per heavy atom. The van der Waals surface area contributed by atoms with Crippen LogP contribution >= 0.6 is 11.5 Å². The zero-order valence-corrected chi connectivity index (χ0v) is 11.4. The fourth-order valence-electron chi connectivity index (χ4n) is 1.40. The van der Waals surface area contributed by atoms with Crippen molar-refractivity contribution in [2.45, 2.75) is 19.5 Å². The summed E-state index contributed by atoms with van der Waals surface area (Å²) in [6.07, 6.45) is 3.16. The van der Waals surface area contributed by atoms with Gasteiger partial charge < -0.3 is 10.4 Å². The smallest absolute Gasteiger partial charge is 0.325 e. The summed E-state index contributed by atoms with van der Waals surface area (Å²) >= 11 is 1.24. The summed E-state index contributed by atoms with van der Waals surface area (Å²) in [4.78, 5) is 26.2. The van der Waals surface area contributed by atoms with E-state index in [2.05, 4.69) is 19.8 Å². The first-order chi connectivity index (χ1) is 9.56. The van der Waals surface area contributed by atoms with Gasteiger partial charge >= 0.3 is 5.97 Å². The second-order valence-electron chi connectivity index (χ2n) is 4.00. The van der Waals surface area contributed by atoms with E-state index in [1.807, 2.05) is 0 Å². The van der Waals surface area contributed by atoms with Crippen LogP contribution in [-0.2, 0) is 16.1 Å². The molecule has 0 aliphatic carbocycles. The number of hydrogen-bond donors (Lipinski definition) is 2. The van der Waals surface area contributed by atoms with Gasteiger partial charge in [-0.1, -0.05) is 4.68 Å². The lowest BCUT2D eigenvalue weighted by atomic mass is 10.3. The van der Waals surface area contributed by atoms with E-state index in [0.29, 0.717) is 5.82 Å². The third-order valence-electron chi connectivity index (χ3n) is 2.44. The van der Waals surface area contributed by atoms with Crippen molar-refractivity contribution in [3.8, 4) is 11.4 Å². The fourth-order valence-corrected chi connectivity index (χ4v) is 1.85. The van der Waals surface area contributed by atoms with Crippen LogP contribution in [0.4, 0.5) is 0 Å². The van der Waals surface area contributed by atoms with Gasteiger partial charge in [-0.2, -0.15) is 4.37 Å². The molecule has 0 saturated carbocycles. The normalized spacial score (nSPS) is 11.8. The van der Waals surface area contributed by atoms with Crippen LogP contribution in [0.25, 0.3) is 11.4 Å². The molecular weight excluding hydrogens is 282 g/mol. The van der Waals surface area contributed by atoms with Gasteiger partial charge in [-0.3, -0.25) is 9.59 Å². The molecule has 0 aromatic carbocycles. The first kappa shape index (κ1) is 14.0. The molecule has 0 radical (unpaired) electrons. The zero-order chi connectivity index (χ0) is 14.5. The highest BCUT2D eigenvalue weighted by Crippen LogP contribution is 2.11. The highest BCUT2D eigenvalue weighted by molar-refractivity contribution is 7.03. The molecule has 0 bridgehead atoms. The summed E-state index contributed by atoms with van der Waals surface area (Å²) in [5.41, 5.74) is 2.37. The first-order valence-corrected chi connectivity index (χ1v) is 6.54. The molecule has 104 valence electrons. The van der Waals surface area contributed by atoms with Crippen molar-refractivity contribution < 1.29 is 19.4 Å². The molecule has 2 aromatic rings. The molecule has 0 aliphatic rings. The number of carbonyl (C=O) groups excluding carboxylic acids is 1. The second-order valence-corrected chi connectivity index (χ2v) is 4.60. The quantitative estimate of drug-likeness (QED) is 0.718. The summed E-state index contributed by atoms with van der Waals surface area (Å²) in [5.74, 6) is -0.920. The Morgan fingerprint density at radius 2 is 2.35 bits per heavy atom. The average molecular weight is 294 g/mol. The van der Waals surface area contributed by atoms with Gasteiger partial charge in [0, 0.05) is 6.07 Å². The largest absolute Gasteiger partial charge is 0.480 e. The average Bonchev–Trinajstić information content (AvgIpc) is 2.93. The molecule has 2 rings (SSSR count). The molecule has 9 heteroatoms. The number of carboxylic acid groups (broad SMARTS) is 1. The van der Waals surface area contributed by atoms with Crippen molar-refractivity contribution in [1.82, 2.24) is 19.8 Å². The van der Waals surface area contributed by atoms with Crippen LogP contribution < -0.4 is 10.00 Å². The summed E-state index contributed by atoms with van der Waals surface area (Å²) in [6.45, 7) is 1.34. The molecule has 2 heterocycles. The highest BCUT2D eigenvalue weighted by atomic mass is 32.1. The van der Waals surface area contributed by atoms with E-state index in [1.54, 1.807) is 24.0 Å². The molecule has 1 unspecified atom stereocenters. The van der Waals surface area contributed by atoms with Crippen LogP contribution in [-0.4, -0.2) is 37.5 Å². The maximum absolute atomic E-state index is 11.6. The highest BCUT2D eigenvalue weighted by Gasteiger charge is 2.18. The number of aliphatic carboxylic acids is 1. The lowest BCUT2D eigenvalue weighted by molar-refractivity contribution is -0.742. The van der Waals surface area contributed by atoms with Crippen LogP contribution in [0, 0.1) is 0 Å². The molecule has 20 heavy (non-hydrogen) atoms. The number of hydrogen-bond acceptors (Lipinski definition) is 6. The monoisotopic (exact) mass is 294 g/mol. The van der Waals surface area contributed by atoms with E-state index >= 15 is 0 Å². The predicted octanol–water partition coefficient (Wildman–Crippen LogP) is -0.523. The molecule has 0 fully saturated rings. The lowest BCUT2D eigenvalue weighted by Gasteiger charge is -2.06. The van der Waals surface area contributed by atoms with E-state index in [1.165, 1.54) is 23.1 Å². The van der Waals surface area contributed by atoms with Crippen molar-refractivity contribution in [2.75, 3.05) is 0 Å². The van der Waals surface area contributed by atoms with Gasteiger partial charge in [0.25, 0.3) is 12.5 Å². The van der Waals surface area contributed by atoms with Crippen molar-refractivity contribution in [2.24, 2.45) is 0 Å². The van der Waals surface area contributed by atoms with Gasteiger partial charge in [0.15, 0.2) is 12.0 Å². The summed E-state index contributed by atoms with van der Waals surface area (Å²) < 4.78 is 5.48. The Morgan fingerprint density at radius 1 is 1.55 bits per heavy atom. The van der Waals surface area contributed by atoms with Crippen molar-refractivity contribution in [3.05, 3.63) is 24.0 Å². The van der Waals surface area contributed by atoms with Crippen LogP contribution in [0.5, 0.6) is 0 Å². The van der Waals surface area contributed by atoms with Gasteiger partial charge in [-0.05, 0) is 23.6 Å². The van der Waals surface area contributed by atoms with Crippen molar-refractivity contribution >= 4 is 23.4 Å². The third kappa shape index (κ3) is 3.54. The van der Waals surface area contributed by atoms with E-state index in [4.69, 9.17) is 5.11 Å². The Bertz CT molecular complexity index is 599. The minimum absolute atomic E-state index is 0.0532.